The number of nitrogens with one attached hydrogen (secondary N) is 1. The quantitative estimate of drug-likeness (QED) is 0.398. The molecule has 2 heterocycles. The van der Waals surface area contributed by atoms with Gasteiger partial charge in [-0.05, 0) is 48.5 Å². The predicted molar refractivity (Wildman–Crippen MR) is 113 cm³/mol. The predicted octanol–water partition coefficient (Wildman–Crippen LogP) is 5.04. The first-order chi connectivity index (χ1) is 16.1. The van der Waals surface area contributed by atoms with E-state index >= 15 is 0 Å². The summed E-state index contributed by atoms with van der Waals surface area (Å²) in [5.41, 5.74) is -0.640. The Morgan fingerprint density at radius 3 is 2.18 bits per heavy atom. The Balaban J connectivity index is 1.57. The number of carboxylic acid groups (broad SMARTS) is 1. The molecule has 0 bridgehead atoms. The van der Waals surface area contributed by atoms with Crippen LogP contribution in [0.1, 0.15) is 26.4 Å². The summed E-state index contributed by atoms with van der Waals surface area (Å²) in [4.78, 5) is 27.7. The standard InChI is InChI=1S/C23H14F4N4O3/c24-15-5-8-17(9-6-15)31-12-18(20(30-31)23(25,26)27)21(32)29-16-7-10-19(28-11-16)13-1-3-14(4-2-13)22(33)34/h1-12H,(H,29,32)(H,33,34). The third-order valence-corrected chi connectivity index (χ3v) is 4.77. The van der Waals surface area contributed by atoms with Crippen molar-refractivity contribution >= 4 is 17.6 Å². The van der Waals surface area contributed by atoms with Crippen molar-refractivity contribution < 1.29 is 32.3 Å². The van der Waals surface area contributed by atoms with Gasteiger partial charge in [0.15, 0.2) is 5.69 Å². The van der Waals surface area contributed by atoms with Gasteiger partial charge in [-0.3, -0.25) is 9.78 Å². The molecule has 34 heavy (non-hydrogen) atoms. The minimum atomic E-state index is -4.90. The van der Waals surface area contributed by atoms with Gasteiger partial charge >= 0.3 is 12.1 Å². The van der Waals surface area contributed by atoms with E-state index < -0.39 is 35.1 Å². The van der Waals surface area contributed by atoms with Crippen molar-refractivity contribution in [2.45, 2.75) is 6.18 Å². The molecule has 4 aromatic rings. The van der Waals surface area contributed by atoms with Crippen LogP contribution in [0.3, 0.4) is 0 Å². The van der Waals surface area contributed by atoms with Gasteiger partial charge < -0.3 is 10.4 Å². The number of rotatable bonds is 5. The molecule has 2 aromatic heterocycles. The van der Waals surface area contributed by atoms with Crippen molar-refractivity contribution in [3.05, 3.63) is 95.7 Å². The molecule has 0 spiro atoms. The van der Waals surface area contributed by atoms with Crippen LogP contribution in [0.25, 0.3) is 16.9 Å². The highest BCUT2D eigenvalue weighted by Gasteiger charge is 2.39. The Morgan fingerprint density at radius 2 is 1.62 bits per heavy atom. The second kappa shape index (κ2) is 8.77. The highest BCUT2D eigenvalue weighted by atomic mass is 19.4. The number of aromatic carboxylic acids is 1. The molecule has 0 saturated heterocycles. The molecule has 2 N–H and O–H groups in total. The first-order valence-corrected chi connectivity index (χ1v) is 9.66. The third-order valence-electron chi connectivity index (χ3n) is 4.77. The lowest BCUT2D eigenvalue weighted by atomic mass is 10.1. The van der Waals surface area contributed by atoms with Crippen molar-refractivity contribution in [2.24, 2.45) is 0 Å². The number of hydrogen-bond donors (Lipinski definition) is 2. The zero-order valence-electron chi connectivity index (χ0n) is 17.0. The topological polar surface area (TPSA) is 97.1 Å². The number of benzene rings is 2. The van der Waals surface area contributed by atoms with Gasteiger partial charge in [-0.2, -0.15) is 18.3 Å². The van der Waals surface area contributed by atoms with Crippen molar-refractivity contribution in [2.75, 3.05) is 5.32 Å². The third kappa shape index (κ3) is 4.77. The largest absolute Gasteiger partial charge is 0.478 e. The van der Waals surface area contributed by atoms with Crippen LogP contribution >= 0.6 is 0 Å². The second-order valence-corrected chi connectivity index (χ2v) is 7.08. The molecule has 172 valence electrons. The van der Waals surface area contributed by atoms with Crippen molar-refractivity contribution in [3.8, 4) is 16.9 Å². The maximum atomic E-state index is 13.5. The van der Waals surface area contributed by atoms with E-state index in [1.165, 1.54) is 42.6 Å². The number of hydrogen-bond acceptors (Lipinski definition) is 4. The number of carbonyl (C=O) groups excluding carboxylic acids is 1. The van der Waals surface area contributed by atoms with E-state index in [-0.39, 0.29) is 16.9 Å². The molecule has 0 aliphatic heterocycles. The van der Waals surface area contributed by atoms with Gasteiger partial charge in [0.25, 0.3) is 5.91 Å². The van der Waals surface area contributed by atoms with E-state index in [1.807, 2.05) is 0 Å². The molecular formula is C23H14F4N4O3. The molecule has 0 unspecified atom stereocenters. The molecule has 0 saturated carbocycles. The molecule has 11 heteroatoms. The van der Waals surface area contributed by atoms with E-state index in [4.69, 9.17) is 5.11 Å². The summed E-state index contributed by atoms with van der Waals surface area (Å²) in [5.74, 6) is -2.70. The van der Waals surface area contributed by atoms with Crippen LogP contribution in [-0.4, -0.2) is 31.7 Å². The van der Waals surface area contributed by atoms with Crippen molar-refractivity contribution in [1.29, 1.82) is 0 Å². The SMILES string of the molecule is O=C(O)c1ccc(-c2ccc(NC(=O)c3cn(-c4ccc(F)cc4)nc3C(F)(F)F)cn2)cc1. The molecule has 0 fully saturated rings. The molecule has 0 radical (unpaired) electrons. The average Bonchev–Trinajstić information content (AvgIpc) is 3.27. The molecule has 7 nitrogen and oxygen atoms in total. The van der Waals surface area contributed by atoms with E-state index in [0.29, 0.717) is 11.3 Å². The van der Waals surface area contributed by atoms with Gasteiger partial charge in [0.2, 0.25) is 0 Å². The summed E-state index contributed by atoms with van der Waals surface area (Å²) in [6, 6.07) is 13.5. The summed E-state index contributed by atoms with van der Waals surface area (Å²) < 4.78 is 54.5. The minimum absolute atomic E-state index is 0.106. The lowest BCUT2D eigenvalue weighted by Crippen LogP contribution is -2.17. The first kappa shape index (κ1) is 22.6. The summed E-state index contributed by atoms with van der Waals surface area (Å²) in [5, 5.41) is 14.8. The van der Waals surface area contributed by atoms with E-state index in [2.05, 4.69) is 15.4 Å². The number of halogens is 4. The van der Waals surface area contributed by atoms with Crippen LogP contribution in [-0.2, 0) is 6.18 Å². The molecular weight excluding hydrogens is 456 g/mol. The van der Waals surface area contributed by atoms with Crippen LogP contribution in [0.4, 0.5) is 23.2 Å². The smallest absolute Gasteiger partial charge is 0.435 e. The summed E-state index contributed by atoms with van der Waals surface area (Å²) in [7, 11) is 0. The van der Waals surface area contributed by atoms with E-state index in [9.17, 15) is 27.2 Å². The lowest BCUT2D eigenvalue weighted by molar-refractivity contribution is -0.141. The number of pyridine rings is 1. The Morgan fingerprint density at radius 1 is 0.941 bits per heavy atom. The summed E-state index contributed by atoms with van der Waals surface area (Å²) >= 11 is 0. The zero-order valence-corrected chi connectivity index (χ0v) is 17.0. The van der Waals surface area contributed by atoms with E-state index in [0.717, 1.165) is 23.0 Å². The fourth-order valence-electron chi connectivity index (χ4n) is 3.10. The van der Waals surface area contributed by atoms with Crippen molar-refractivity contribution in [3.63, 3.8) is 0 Å². The summed E-state index contributed by atoms with van der Waals surface area (Å²) in [6.07, 6.45) is -2.73. The highest BCUT2D eigenvalue weighted by molar-refractivity contribution is 6.05. The lowest BCUT2D eigenvalue weighted by Gasteiger charge is -2.08. The van der Waals surface area contributed by atoms with Gasteiger partial charge in [0, 0.05) is 11.8 Å². The second-order valence-electron chi connectivity index (χ2n) is 7.08. The van der Waals surface area contributed by atoms with Crippen LogP contribution in [0.15, 0.2) is 73.1 Å². The molecule has 0 aliphatic rings. The van der Waals surface area contributed by atoms with Gasteiger partial charge in [-0.1, -0.05) is 12.1 Å². The maximum absolute atomic E-state index is 13.5. The van der Waals surface area contributed by atoms with Gasteiger partial charge in [-0.15, -0.1) is 0 Å². The highest BCUT2D eigenvalue weighted by Crippen LogP contribution is 2.32. The Hall–Kier alpha value is -4.54. The van der Waals surface area contributed by atoms with Gasteiger partial charge in [0.1, 0.15) is 5.82 Å². The van der Waals surface area contributed by atoms with E-state index in [1.54, 1.807) is 12.1 Å². The van der Waals surface area contributed by atoms with Crippen LogP contribution < -0.4 is 5.32 Å². The molecule has 1 amide bonds. The van der Waals surface area contributed by atoms with Crippen LogP contribution in [0.5, 0.6) is 0 Å². The number of aromatic nitrogens is 3. The normalized spacial score (nSPS) is 11.3. The van der Waals surface area contributed by atoms with Gasteiger partial charge in [-0.25, -0.2) is 13.9 Å². The Kier molecular flexibility index (Phi) is 5.84. The van der Waals surface area contributed by atoms with Crippen LogP contribution in [0, 0.1) is 5.82 Å². The van der Waals surface area contributed by atoms with Crippen LogP contribution in [0.2, 0.25) is 0 Å². The summed E-state index contributed by atoms with van der Waals surface area (Å²) in [6.45, 7) is 0. The fourth-order valence-corrected chi connectivity index (χ4v) is 3.10. The molecule has 2 aromatic carbocycles. The maximum Gasteiger partial charge on any atom is 0.435 e. The number of alkyl halides is 3. The average molecular weight is 470 g/mol. The Labute approximate surface area is 189 Å². The monoisotopic (exact) mass is 470 g/mol. The Bertz CT molecular complexity index is 1350. The molecule has 0 aliphatic carbocycles. The number of nitrogens with zero attached hydrogens (tertiary/aromatic N) is 3. The molecule has 0 atom stereocenters. The number of carbonyl (C=O) groups is 2. The number of amides is 1. The van der Waals surface area contributed by atoms with Crippen molar-refractivity contribution in [1.82, 2.24) is 14.8 Å². The van der Waals surface area contributed by atoms with Gasteiger partial charge in [0.05, 0.1) is 34.4 Å². The molecule has 4 rings (SSSR count). The first-order valence-electron chi connectivity index (χ1n) is 9.66. The minimum Gasteiger partial charge on any atom is -0.478 e. The fraction of sp³-hybridized carbons (Fsp3) is 0.0435. The number of carboxylic acids is 1. The zero-order chi connectivity index (χ0) is 24.5. The number of anilines is 1.